The maximum atomic E-state index is 5.70. The van der Waals surface area contributed by atoms with E-state index < -0.39 is 0 Å². The third kappa shape index (κ3) is 2.71. The van der Waals surface area contributed by atoms with Gasteiger partial charge >= 0.3 is 0 Å². The van der Waals surface area contributed by atoms with Gasteiger partial charge in [-0.05, 0) is 48.9 Å². The molecule has 0 aromatic heterocycles. The largest absolute Gasteiger partial charge is 0.486 e. The number of ether oxygens (including phenoxy) is 2. The van der Waals surface area contributed by atoms with Crippen molar-refractivity contribution in [2.45, 2.75) is 32.7 Å². The molecule has 2 atom stereocenters. The van der Waals surface area contributed by atoms with Gasteiger partial charge in [-0.25, -0.2) is 0 Å². The molecule has 0 radical (unpaired) electrons. The number of hydrogen-bond donors (Lipinski definition) is 1. The van der Waals surface area contributed by atoms with Crippen molar-refractivity contribution in [3.63, 3.8) is 0 Å². The molecule has 0 bridgehead atoms. The highest BCUT2D eigenvalue weighted by Gasteiger charge is 2.34. The molecule has 19 heavy (non-hydrogen) atoms. The van der Waals surface area contributed by atoms with E-state index in [9.17, 15) is 0 Å². The average Bonchev–Trinajstić information content (AvgIpc) is 3.28. The summed E-state index contributed by atoms with van der Waals surface area (Å²) in [4.78, 5) is 0. The van der Waals surface area contributed by atoms with Crippen LogP contribution in [0.15, 0.2) is 18.2 Å². The van der Waals surface area contributed by atoms with E-state index in [-0.39, 0.29) is 0 Å². The molecular weight excluding hydrogens is 238 g/mol. The fourth-order valence-corrected chi connectivity index (χ4v) is 2.97. The monoisotopic (exact) mass is 261 g/mol. The molecule has 3 nitrogen and oxygen atoms in total. The Morgan fingerprint density at radius 1 is 1.21 bits per heavy atom. The summed E-state index contributed by atoms with van der Waals surface area (Å²) < 4.78 is 11.3. The number of rotatable bonds is 5. The lowest BCUT2D eigenvalue weighted by molar-refractivity contribution is 0.171. The first-order valence-electron chi connectivity index (χ1n) is 7.42. The van der Waals surface area contributed by atoms with Crippen LogP contribution < -0.4 is 14.8 Å². The number of benzene rings is 1. The molecule has 1 heterocycles. The molecule has 1 aliphatic heterocycles. The topological polar surface area (TPSA) is 30.5 Å². The van der Waals surface area contributed by atoms with Crippen molar-refractivity contribution in [3.8, 4) is 11.5 Å². The summed E-state index contributed by atoms with van der Waals surface area (Å²) in [5, 5.41) is 3.63. The van der Waals surface area contributed by atoms with Gasteiger partial charge < -0.3 is 14.8 Å². The van der Waals surface area contributed by atoms with Gasteiger partial charge in [-0.1, -0.05) is 19.9 Å². The minimum Gasteiger partial charge on any atom is -0.486 e. The smallest absolute Gasteiger partial charge is 0.161 e. The van der Waals surface area contributed by atoms with Crippen LogP contribution in [0.4, 0.5) is 0 Å². The first kappa shape index (κ1) is 12.8. The van der Waals surface area contributed by atoms with E-state index in [2.05, 4.69) is 31.3 Å². The van der Waals surface area contributed by atoms with Crippen LogP contribution in [0.1, 0.15) is 38.3 Å². The van der Waals surface area contributed by atoms with Crippen LogP contribution in [0.5, 0.6) is 11.5 Å². The second kappa shape index (κ2) is 5.41. The van der Waals surface area contributed by atoms with Crippen molar-refractivity contribution < 1.29 is 9.47 Å². The van der Waals surface area contributed by atoms with Gasteiger partial charge in [-0.2, -0.15) is 0 Å². The molecule has 2 unspecified atom stereocenters. The van der Waals surface area contributed by atoms with Crippen LogP contribution >= 0.6 is 0 Å². The van der Waals surface area contributed by atoms with Gasteiger partial charge in [0, 0.05) is 6.04 Å². The summed E-state index contributed by atoms with van der Waals surface area (Å²) >= 11 is 0. The molecule has 1 N–H and O–H groups in total. The Balaban J connectivity index is 1.84. The van der Waals surface area contributed by atoms with E-state index in [1.54, 1.807) is 0 Å². The third-order valence-electron chi connectivity index (χ3n) is 4.24. The zero-order valence-corrected chi connectivity index (χ0v) is 11.8. The second-order valence-electron chi connectivity index (χ2n) is 5.63. The van der Waals surface area contributed by atoms with Crippen molar-refractivity contribution >= 4 is 0 Å². The molecule has 104 valence electrons. The predicted octanol–water partition coefficient (Wildman–Crippen LogP) is 3.15. The fourth-order valence-electron chi connectivity index (χ4n) is 2.97. The molecule has 2 aliphatic rings. The van der Waals surface area contributed by atoms with Crippen molar-refractivity contribution in [3.05, 3.63) is 23.8 Å². The molecule has 3 rings (SSSR count). The number of fused-ring (bicyclic) bond motifs is 1. The van der Waals surface area contributed by atoms with Crippen molar-refractivity contribution in [1.82, 2.24) is 5.32 Å². The van der Waals surface area contributed by atoms with Gasteiger partial charge in [-0.3, -0.25) is 0 Å². The van der Waals surface area contributed by atoms with Gasteiger partial charge in [-0.15, -0.1) is 0 Å². The number of hydrogen-bond acceptors (Lipinski definition) is 3. The molecule has 1 saturated carbocycles. The Hall–Kier alpha value is -1.22. The van der Waals surface area contributed by atoms with Crippen LogP contribution in [-0.2, 0) is 0 Å². The summed E-state index contributed by atoms with van der Waals surface area (Å²) in [6, 6.07) is 6.81. The first-order valence-corrected chi connectivity index (χ1v) is 7.42. The summed E-state index contributed by atoms with van der Waals surface area (Å²) in [6.45, 7) is 6.84. The van der Waals surface area contributed by atoms with Crippen molar-refractivity contribution in [2.75, 3.05) is 19.8 Å². The Morgan fingerprint density at radius 3 is 2.63 bits per heavy atom. The van der Waals surface area contributed by atoms with Crippen LogP contribution in [0.25, 0.3) is 0 Å². The summed E-state index contributed by atoms with van der Waals surface area (Å²) in [7, 11) is 0. The molecule has 0 amide bonds. The first-order chi connectivity index (χ1) is 9.29. The lowest BCUT2D eigenvalue weighted by Gasteiger charge is -2.27. The lowest BCUT2D eigenvalue weighted by atomic mass is 9.90. The molecule has 1 aromatic carbocycles. The summed E-state index contributed by atoms with van der Waals surface area (Å²) in [6.07, 6.45) is 2.77. The molecular formula is C16H23NO2. The van der Waals surface area contributed by atoms with E-state index in [1.165, 1.54) is 18.4 Å². The lowest BCUT2D eigenvalue weighted by Crippen LogP contribution is -2.28. The minimum atomic E-state index is 0.424. The van der Waals surface area contributed by atoms with Crippen LogP contribution in [0.2, 0.25) is 0 Å². The molecule has 0 saturated heterocycles. The molecule has 1 aromatic rings. The van der Waals surface area contributed by atoms with E-state index >= 15 is 0 Å². The van der Waals surface area contributed by atoms with Crippen LogP contribution in [-0.4, -0.2) is 19.8 Å². The minimum absolute atomic E-state index is 0.424. The van der Waals surface area contributed by atoms with Crippen LogP contribution in [0, 0.1) is 11.8 Å². The normalized spacial score (nSPS) is 20.9. The summed E-state index contributed by atoms with van der Waals surface area (Å²) in [5.74, 6) is 3.35. The van der Waals surface area contributed by atoms with Gasteiger partial charge in [0.05, 0.1) is 0 Å². The molecule has 3 heteroatoms. The van der Waals surface area contributed by atoms with Gasteiger partial charge in [0.1, 0.15) is 13.2 Å². The Morgan fingerprint density at radius 2 is 1.95 bits per heavy atom. The van der Waals surface area contributed by atoms with E-state index in [0.717, 1.165) is 24.0 Å². The standard InChI is InChI=1S/C16H23NO2/c1-3-17-16(11(2)12-4-5-12)13-6-7-14-15(10-13)19-9-8-18-14/h6-7,10-12,16-17H,3-5,8-9H2,1-2H3. The Labute approximate surface area is 115 Å². The van der Waals surface area contributed by atoms with E-state index in [4.69, 9.17) is 9.47 Å². The maximum Gasteiger partial charge on any atom is 0.161 e. The van der Waals surface area contributed by atoms with Gasteiger partial charge in [0.2, 0.25) is 0 Å². The van der Waals surface area contributed by atoms with Crippen molar-refractivity contribution in [1.29, 1.82) is 0 Å². The highest BCUT2D eigenvalue weighted by atomic mass is 16.6. The zero-order valence-electron chi connectivity index (χ0n) is 11.8. The molecule has 1 aliphatic carbocycles. The Bertz CT molecular complexity index is 442. The summed E-state index contributed by atoms with van der Waals surface area (Å²) in [5.41, 5.74) is 1.32. The fraction of sp³-hybridized carbons (Fsp3) is 0.625. The number of nitrogens with one attached hydrogen (secondary N) is 1. The SMILES string of the molecule is CCNC(c1ccc2c(c1)OCCO2)C(C)C1CC1. The van der Waals surface area contributed by atoms with E-state index in [1.807, 2.05) is 6.07 Å². The van der Waals surface area contributed by atoms with Gasteiger partial charge in [0.15, 0.2) is 11.5 Å². The van der Waals surface area contributed by atoms with Crippen LogP contribution in [0.3, 0.4) is 0 Å². The van der Waals surface area contributed by atoms with Crippen molar-refractivity contribution in [2.24, 2.45) is 11.8 Å². The molecule has 0 spiro atoms. The molecule has 1 fully saturated rings. The van der Waals surface area contributed by atoms with E-state index in [0.29, 0.717) is 25.2 Å². The second-order valence-corrected chi connectivity index (χ2v) is 5.63. The average molecular weight is 261 g/mol. The Kier molecular flexibility index (Phi) is 3.65. The predicted molar refractivity (Wildman–Crippen MR) is 75.7 cm³/mol. The third-order valence-corrected chi connectivity index (χ3v) is 4.24. The zero-order chi connectivity index (χ0) is 13.2. The highest BCUT2D eigenvalue weighted by molar-refractivity contribution is 5.44. The van der Waals surface area contributed by atoms with Gasteiger partial charge in [0.25, 0.3) is 0 Å². The highest BCUT2D eigenvalue weighted by Crippen LogP contribution is 2.44. The maximum absolute atomic E-state index is 5.70. The quantitative estimate of drug-likeness (QED) is 0.883.